The predicted molar refractivity (Wildman–Crippen MR) is 67.3 cm³/mol. The van der Waals surface area contributed by atoms with Crippen molar-refractivity contribution in [1.82, 2.24) is 5.32 Å². The number of nitrogens with one attached hydrogen (secondary N) is 1. The smallest absolute Gasteiger partial charge is 0.192 e. The van der Waals surface area contributed by atoms with Crippen LogP contribution in [-0.2, 0) is 6.42 Å². The highest BCUT2D eigenvalue weighted by atomic mass is 35.5. The fourth-order valence-corrected chi connectivity index (χ4v) is 2.54. The molecule has 1 aromatic carbocycles. The summed E-state index contributed by atoms with van der Waals surface area (Å²) < 4.78 is 32.3. The summed E-state index contributed by atoms with van der Waals surface area (Å²) in [6.07, 6.45) is 3.77. The Kier molecular flexibility index (Phi) is 4.40. The lowest BCUT2D eigenvalue weighted by atomic mass is 9.97. The van der Waals surface area contributed by atoms with Crippen LogP contribution in [-0.4, -0.2) is 19.7 Å². The van der Waals surface area contributed by atoms with Crippen LogP contribution in [0.1, 0.15) is 24.8 Å². The molecule has 18 heavy (non-hydrogen) atoms. The number of halogens is 3. The normalized spacial score (nSPS) is 19.9. The van der Waals surface area contributed by atoms with Crippen LogP contribution in [0.2, 0.25) is 5.02 Å². The summed E-state index contributed by atoms with van der Waals surface area (Å²) in [5.74, 6) is -1.88. The SMILES string of the molecule is COc1c(F)c(Cl)cc(CC2CCCCN2)c1F. The molecule has 0 aliphatic carbocycles. The molecule has 1 atom stereocenters. The first-order valence-corrected chi connectivity index (χ1v) is 6.45. The highest BCUT2D eigenvalue weighted by molar-refractivity contribution is 6.31. The molecule has 1 N–H and O–H groups in total. The maximum atomic E-state index is 14.0. The molecule has 1 unspecified atom stereocenters. The number of piperidine rings is 1. The number of rotatable bonds is 3. The molecule has 0 spiro atoms. The molecular formula is C13H16ClF2NO. The van der Waals surface area contributed by atoms with Gasteiger partial charge in [-0.2, -0.15) is 0 Å². The van der Waals surface area contributed by atoms with Gasteiger partial charge in [0.1, 0.15) is 0 Å². The van der Waals surface area contributed by atoms with Crippen molar-refractivity contribution >= 4 is 11.6 Å². The number of benzene rings is 1. The molecule has 1 aliphatic heterocycles. The molecule has 0 aromatic heterocycles. The second kappa shape index (κ2) is 5.85. The largest absolute Gasteiger partial charge is 0.491 e. The van der Waals surface area contributed by atoms with Crippen LogP contribution in [0.15, 0.2) is 6.07 Å². The number of hydrogen-bond acceptors (Lipinski definition) is 2. The van der Waals surface area contributed by atoms with Gasteiger partial charge in [-0.15, -0.1) is 0 Å². The highest BCUT2D eigenvalue weighted by Crippen LogP contribution is 2.31. The van der Waals surface area contributed by atoms with E-state index in [0.29, 0.717) is 12.0 Å². The standard InChI is InChI=1S/C13H16ClF2NO/c1-18-13-11(15)8(7-10(14)12(13)16)6-9-4-2-3-5-17-9/h7,9,17H,2-6H2,1H3. The van der Waals surface area contributed by atoms with Crippen molar-refractivity contribution in [3.8, 4) is 5.75 Å². The summed E-state index contributed by atoms with van der Waals surface area (Å²) in [4.78, 5) is 0. The van der Waals surface area contributed by atoms with E-state index in [4.69, 9.17) is 16.3 Å². The van der Waals surface area contributed by atoms with Gasteiger partial charge in [-0.05, 0) is 37.4 Å². The number of methoxy groups -OCH3 is 1. The van der Waals surface area contributed by atoms with Crippen molar-refractivity contribution in [3.05, 3.63) is 28.3 Å². The van der Waals surface area contributed by atoms with Crippen LogP contribution < -0.4 is 10.1 Å². The van der Waals surface area contributed by atoms with Gasteiger partial charge in [0.2, 0.25) is 0 Å². The summed E-state index contributed by atoms with van der Waals surface area (Å²) >= 11 is 5.75. The minimum atomic E-state index is -0.836. The Hall–Kier alpha value is -0.870. The second-order valence-electron chi connectivity index (χ2n) is 4.53. The van der Waals surface area contributed by atoms with Gasteiger partial charge in [0.25, 0.3) is 0 Å². The average molecular weight is 276 g/mol. The average Bonchev–Trinajstić information content (AvgIpc) is 2.38. The summed E-state index contributed by atoms with van der Waals surface area (Å²) in [6.45, 7) is 0.943. The maximum absolute atomic E-state index is 14.0. The van der Waals surface area contributed by atoms with Gasteiger partial charge >= 0.3 is 0 Å². The van der Waals surface area contributed by atoms with Crippen molar-refractivity contribution < 1.29 is 13.5 Å². The third-order valence-electron chi connectivity index (χ3n) is 3.27. The molecule has 1 aliphatic rings. The van der Waals surface area contributed by atoms with E-state index in [1.165, 1.54) is 13.2 Å². The zero-order chi connectivity index (χ0) is 13.1. The fourth-order valence-electron chi connectivity index (χ4n) is 2.32. The first-order valence-electron chi connectivity index (χ1n) is 6.07. The number of ether oxygens (including phenoxy) is 1. The molecule has 0 amide bonds. The molecule has 100 valence electrons. The van der Waals surface area contributed by atoms with Crippen LogP contribution in [0.3, 0.4) is 0 Å². The first-order chi connectivity index (χ1) is 8.63. The molecule has 1 aromatic rings. The molecule has 2 nitrogen and oxygen atoms in total. The molecule has 2 rings (SSSR count). The van der Waals surface area contributed by atoms with Gasteiger partial charge in [-0.25, -0.2) is 8.78 Å². The predicted octanol–water partition coefficient (Wildman–Crippen LogP) is 3.31. The van der Waals surface area contributed by atoms with Crippen LogP contribution in [0.4, 0.5) is 8.78 Å². The molecular weight excluding hydrogens is 260 g/mol. The van der Waals surface area contributed by atoms with E-state index in [9.17, 15) is 8.78 Å². The lowest BCUT2D eigenvalue weighted by molar-refractivity contribution is 0.352. The Labute approximate surface area is 110 Å². The van der Waals surface area contributed by atoms with Gasteiger partial charge in [-0.1, -0.05) is 18.0 Å². The van der Waals surface area contributed by atoms with E-state index in [1.54, 1.807) is 0 Å². The molecule has 1 fully saturated rings. The third-order valence-corrected chi connectivity index (χ3v) is 3.55. The fraction of sp³-hybridized carbons (Fsp3) is 0.538. The molecule has 0 saturated carbocycles. The van der Waals surface area contributed by atoms with Gasteiger partial charge in [0.05, 0.1) is 12.1 Å². The Balaban J connectivity index is 2.24. The van der Waals surface area contributed by atoms with E-state index in [1.807, 2.05) is 0 Å². The molecule has 0 radical (unpaired) electrons. The zero-order valence-corrected chi connectivity index (χ0v) is 11.0. The van der Waals surface area contributed by atoms with Gasteiger partial charge in [-0.3, -0.25) is 0 Å². The minimum absolute atomic E-state index is 0.0981. The third kappa shape index (κ3) is 2.75. The van der Waals surface area contributed by atoms with Crippen molar-refractivity contribution in [1.29, 1.82) is 0 Å². The lowest BCUT2D eigenvalue weighted by Gasteiger charge is -2.24. The summed E-state index contributed by atoms with van der Waals surface area (Å²) in [6, 6.07) is 1.57. The van der Waals surface area contributed by atoms with E-state index in [-0.39, 0.29) is 11.1 Å². The van der Waals surface area contributed by atoms with Crippen molar-refractivity contribution in [2.75, 3.05) is 13.7 Å². The van der Waals surface area contributed by atoms with Crippen molar-refractivity contribution in [3.63, 3.8) is 0 Å². The molecule has 0 bridgehead atoms. The lowest BCUT2D eigenvalue weighted by Crippen LogP contribution is -2.35. The van der Waals surface area contributed by atoms with E-state index < -0.39 is 17.4 Å². The maximum Gasteiger partial charge on any atom is 0.192 e. The topological polar surface area (TPSA) is 21.3 Å². The van der Waals surface area contributed by atoms with Crippen molar-refractivity contribution in [2.45, 2.75) is 31.7 Å². The van der Waals surface area contributed by atoms with E-state index in [0.717, 1.165) is 25.8 Å². The minimum Gasteiger partial charge on any atom is -0.491 e. The van der Waals surface area contributed by atoms with Crippen LogP contribution in [0.5, 0.6) is 5.75 Å². The van der Waals surface area contributed by atoms with Gasteiger partial charge in [0.15, 0.2) is 17.4 Å². The zero-order valence-electron chi connectivity index (χ0n) is 10.2. The van der Waals surface area contributed by atoms with E-state index >= 15 is 0 Å². The Morgan fingerprint density at radius 3 is 2.78 bits per heavy atom. The monoisotopic (exact) mass is 275 g/mol. The van der Waals surface area contributed by atoms with Gasteiger partial charge < -0.3 is 10.1 Å². The van der Waals surface area contributed by atoms with Gasteiger partial charge in [0, 0.05) is 6.04 Å². The molecule has 1 heterocycles. The summed E-state index contributed by atoms with van der Waals surface area (Å²) in [5, 5.41) is 3.22. The summed E-state index contributed by atoms with van der Waals surface area (Å²) in [5.41, 5.74) is 0.401. The van der Waals surface area contributed by atoms with Crippen molar-refractivity contribution in [2.24, 2.45) is 0 Å². The Morgan fingerprint density at radius 1 is 1.39 bits per heavy atom. The quantitative estimate of drug-likeness (QED) is 0.855. The summed E-state index contributed by atoms with van der Waals surface area (Å²) in [7, 11) is 1.24. The highest BCUT2D eigenvalue weighted by Gasteiger charge is 2.21. The number of hydrogen-bond donors (Lipinski definition) is 1. The van der Waals surface area contributed by atoms with Crippen LogP contribution in [0.25, 0.3) is 0 Å². The Morgan fingerprint density at radius 2 is 2.17 bits per heavy atom. The van der Waals surface area contributed by atoms with Crippen LogP contribution >= 0.6 is 11.6 Å². The Bertz CT molecular complexity index is 433. The first kappa shape index (κ1) is 13.6. The van der Waals surface area contributed by atoms with Crippen LogP contribution in [0, 0.1) is 11.6 Å². The van der Waals surface area contributed by atoms with E-state index in [2.05, 4.69) is 5.32 Å². The second-order valence-corrected chi connectivity index (χ2v) is 4.94. The molecule has 1 saturated heterocycles. The molecule has 5 heteroatoms.